The van der Waals surface area contributed by atoms with Gasteiger partial charge in [0.15, 0.2) is 15.6 Å². The molecule has 1 aliphatic heterocycles. The summed E-state index contributed by atoms with van der Waals surface area (Å²) < 4.78 is 24.2. The lowest BCUT2D eigenvalue weighted by atomic mass is 10.2. The summed E-state index contributed by atoms with van der Waals surface area (Å²) in [4.78, 5) is 15.0. The Morgan fingerprint density at radius 2 is 1.90 bits per heavy atom. The normalized spacial score (nSPS) is 19.8. The molecule has 2 aliphatic rings. The van der Waals surface area contributed by atoms with Gasteiger partial charge in [-0.3, -0.25) is 4.79 Å². The molecule has 0 radical (unpaired) electrons. The van der Waals surface area contributed by atoms with Crippen molar-refractivity contribution in [3.05, 3.63) is 4.88 Å². The predicted molar refractivity (Wildman–Crippen MR) is 88.4 cm³/mol. The number of hydrogen-bond acceptors (Lipinski definition) is 7. The molecule has 21 heavy (non-hydrogen) atoms. The monoisotopic (exact) mass is 346 g/mol. The molecular weight excluding hydrogens is 328 g/mol. The maximum Gasteiger partial charge on any atom is 0.180 e. The van der Waals surface area contributed by atoms with Crippen LogP contribution in [0.5, 0.6) is 0 Å². The van der Waals surface area contributed by atoms with Crippen molar-refractivity contribution in [1.29, 1.82) is 0 Å². The van der Waals surface area contributed by atoms with E-state index >= 15 is 0 Å². The van der Waals surface area contributed by atoms with Crippen molar-refractivity contribution in [3.8, 4) is 0 Å². The summed E-state index contributed by atoms with van der Waals surface area (Å²) in [6, 6.07) is 0. The van der Waals surface area contributed by atoms with E-state index in [0.29, 0.717) is 9.88 Å². The smallest absolute Gasteiger partial charge is 0.180 e. The van der Waals surface area contributed by atoms with Crippen molar-refractivity contribution in [1.82, 2.24) is 0 Å². The highest BCUT2D eigenvalue weighted by atomic mass is 32.2. The van der Waals surface area contributed by atoms with Crippen LogP contribution in [0, 0.1) is 5.92 Å². The standard InChI is InChI=1S/C13H18N2O3S3/c1-21(17,18)12-9(14)11(10(16)8-2-3-8)20-13(12)15-4-6-19-7-5-15/h8H,2-7,14H2,1H3. The highest BCUT2D eigenvalue weighted by molar-refractivity contribution is 7.99. The zero-order valence-electron chi connectivity index (χ0n) is 11.8. The fourth-order valence-electron chi connectivity index (χ4n) is 2.46. The van der Waals surface area contributed by atoms with Gasteiger partial charge in [-0.2, -0.15) is 11.8 Å². The number of anilines is 2. The van der Waals surface area contributed by atoms with Crippen LogP contribution in [0.25, 0.3) is 0 Å². The molecule has 1 aromatic heterocycles. The number of Topliss-reactive ketones (excluding diaryl/α,β-unsaturated/α-hetero) is 1. The van der Waals surface area contributed by atoms with E-state index in [9.17, 15) is 13.2 Å². The molecule has 3 rings (SSSR count). The highest BCUT2D eigenvalue weighted by Crippen LogP contribution is 2.45. The number of carbonyl (C=O) groups excluding carboxylic acids is 1. The van der Waals surface area contributed by atoms with Crippen LogP contribution in [-0.4, -0.2) is 45.1 Å². The van der Waals surface area contributed by atoms with Gasteiger partial charge < -0.3 is 10.6 Å². The number of nitrogens with two attached hydrogens (primary N) is 1. The van der Waals surface area contributed by atoms with E-state index in [0.717, 1.165) is 37.4 Å². The molecule has 0 unspecified atom stereocenters. The minimum atomic E-state index is -3.45. The molecule has 116 valence electrons. The SMILES string of the molecule is CS(=O)(=O)c1c(N2CCSCC2)sc(C(=O)C2CC2)c1N. The molecule has 8 heteroatoms. The van der Waals surface area contributed by atoms with Crippen molar-refractivity contribution in [2.24, 2.45) is 5.92 Å². The average Bonchev–Trinajstić information content (AvgIpc) is 3.21. The van der Waals surface area contributed by atoms with E-state index in [4.69, 9.17) is 5.73 Å². The zero-order chi connectivity index (χ0) is 15.2. The topological polar surface area (TPSA) is 80.5 Å². The first-order valence-electron chi connectivity index (χ1n) is 6.89. The third-order valence-electron chi connectivity index (χ3n) is 3.72. The molecule has 0 aromatic carbocycles. The second kappa shape index (κ2) is 5.48. The van der Waals surface area contributed by atoms with Crippen LogP contribution >= 0.6 is 23.1 Å². The van der Waals surface area contributed by atoms with E-state index in [1.807, 2.05) is 11.8 Å². The number of hydrogen-bond donors (Lipinski definition) is 1. The minimum Gasteiger partial charge on any atom is -0.396 e. The zero-order valence-corrected chi connectivity index (χ0v) is 14.2. The number of thiophene rings is 1. The highest BCUT2D eigenvalue weighted by Gasteiger charge is 2.36. The summed E-state index contributed by atoms with van der Waals surface area (Å²) in [5.74, 6) is 1.99. The number of nitrogens with zero attached hydrogens (tertiary/aromatic N) is 1. The molecule has 1 saturated heterocycles. The maximum atomic E-state index is 12.3. The number of rotatable bonds is 4. The van der Waals surface area contributed by atoms with Crippen molar-refractivity contribution < 1.29 is 13.2 Å². The van der Waals surface area contributed by atoms with Crippen LogP contribution < -0.4 is 10.6 Å². The van der Waals surface area contributed by atoms with E-state index < -0.39 is 9.84 Å². The summed E-state index contributed by atoms with van der Waals surface area (Å²) in [7, 11) is -3.45. The quantitative estimate of drug-likeness (QED) is 0.839. The second-order valence-corrected chi connectivity index (χ2v) is 9.67. The fourth-order valence-corrected chi connectivity index (χ4v) is 6.14. The maximum absolute atomic E-state index is 12.3. The molecule has 0 amide bonds. The van der Waals surface area contributed by atoms with Crippen LogP contribution in [0.15, 0.2) is 4.90 Å². The van der Waals surface area contributed by atoms with Gasteiger partial charge in [-0.25, -0.2) is 8.42 Å². The third kappa shape index (κ3) is 2.93. The molecule has 1 aromatic rings. The molecule has 0 spiro atoms. The Labute approximate surface area is 132 Å². The number of ketones is 1. The van der Waals surface area contributed by atoms with Gasteiger partial charge in [0.2, 0.25) is 0 Å². The number of thioether (sulfide) groups is 1. The van der Waals surface area contributed by atoms with Crippen molar-refractivity contribution in [2.75, 3.05) is 41.5 Å². The molecular formula is C13H18N2O3S3. The summed E-state index contributed by atoms with van der Waals surface area (Å²) in [6.45, 7) is 1.59. The first-order valence-corrected chi connectivity index (χ1v) is 10.7. The lowest BCUT2D eigenvalue weighted by Gasteiger charge is -2.27. The molecule has 5 nitrogen and oxygen atoms in total. The molecule has 0 atom stereocenters. The Bertz CT molecular complexity index is 671. The number of nitrogen functional groups attached to an aromatic ring is 1. The molecule has 1 aliphatic carbocycles. The Hall–Kier alpha value is -0.730. The number of sulfone groups is 1. The Morgan fingerprint density at radius 1 is 1.29 bits per heavy atom. The van der Waals surface area contributed by atoms with Gasteiger partial charge >= 0.3 is 0 Å². The summed E-state index contributed by atoms with van der Waals surface area (Å²) in [5, 5.41) is 0.652. The molecule has 2 heterocycles. The largest absolute Gasteiger partial charge is 0.396 e. The van der Waals surface area contributed by atoms with Crippen LogP contribution in [0.1, 0.15) is 22.5 Å². The second-order valence-electron chi connectivity index (χ2n) is 5.49. The van der Waals surface area contributed by atoms with Crippen molar-refractivity contribution in [3.63, 3.8) is 0 Å². The fraction of sp³-hybridized carbons (Fsp3) is 0.615. The first-order chi connectivity index (χ1) is 9.89. The van der Waals surface area contributed by atoms with Crippen molar-refractivity contribution >= 4 is 49.4 Å². The lowest BCUT2D eigenvalue weighted by Crippen LogP contribution is -2.32. The van der Waals surface area contributed by atoms with E-state index in [1.54, 1.807) is 0 Å². The average molecular weight is 346 g/mol. The van der Waals surface area contributed by atoms with Crippen LogP contribution in [0.2, 0.25) is 0 Å². The summed E-state index contributed by atoms with van der Waals surface area (Å²) >= 11 is 3.11. The van der Waals surface area contributed by atoms with Gasteiger partial charge in [-0.1, -0.05) is 0 Å². The van der Waals surface area contributed by atoms with Crippen LogP contribution in [0.4, 0.5) is 10.7 Å². The predicted octanol–water partition coefficient (Wildman–Crippen LogP) is 1.88. The molecule has 2 fully saturated rings. The van der Waals surface area contributed by atoms with Gasteiger partial charge in [0.05, 0.1) is 10.6 Å². The van der Waals surface area contributed by atoms with E-state index in [1.165, 1.54) is 17.6 Å². The molecule has 0 bridgehead atoms. The lowest BCUT2D eigenvalue weighted by molar-refractivity contribution is 0.0972. The summed E-state index contributed by atoms with van der Waals surface area (Å²) in [5.41, 5.74) is 6.20. The Kier molecular flexibility index (Phi) is 3.96. The van der Waals surface area contributed by atoms with Gasteiger partial charge in [-0.15, -0.1) is 11.3 Å². The first kappa shape index (κ1) is 15.2. The Balaban J connectivity index is 2.08. The van der Waals surface area contributed by atoms with Crippen LogP contribution in [-0.2, 0) is 9.84 Å². The Morgan fingerprint density at radius 3 is 2.43 bits per heavy atom. The van der Waals surface area contributed by atoms with Crippen molar-refractivity contribution in [2.45, 2.75) is 17.7 Å². The van der Waals surface area contributed by atoms with Gasteiger partial charge in [0.1, 0.15) is 9.90 Å². The van der Waals surface area contributed by atoms with Gasteiger partial charge in [0.25, 0.3) is 0 Å². The van der Waals surface area contributed by atoms with Gasteiger partial charge in [-0.05, 0) is 12.8 Å². The van der Waals surface area contributed by atoms with Gasteiger partial charge in [0, 0.05) is 36.8 Å². The molecule has 1 saturated carbocycles. The van der Waals surface area contributed by atoms with Crippen LogP contribution in [0.3, 0.4) is 0 Å². The minimum absolute atomic E-state index is 0.0139. The summed E-state index contributed by atoms with van der Waals surface area (Å²) in [6.07, 6.45) is 2.94. The molecule has 2 N–H and O–H groups in total. The number of carbonyl (C=O) groups is 1. The van der Waals surface area contributed by atoms with E-state index in [-0.39, 0.29) is 22.3 Å². The van der Waals surface area contributed by atoms with E-state index in [2.05, 4.69) is 4.90 Å². The third-order valence-corrected chi connectivity index (χ3v) is 7.23.